The predicted octanol–water partition coefficient (Wildman–Crippen LogP) is -2.33. The van der Waals surface area contributed by atoms with Crippen LogP contribution in [0.2, 0.25) is 0 Å². The fourth-order valence-corrected chi connectivity index (χ4v) is 1.18. The van der Waals surface area contributed by atoms with Gasteiger partial charge in [-0.2, -0.15) is 0 Å². The van der Waals surface area contributed by atoms with E-state index in [1.54, 1.807) is 0 Å². The van der Waals surface area contributed by atoms with Crippen LogP contribution in [0.1, 0.15) is 19.8 Å². The van der Waals surface area contributed by atoms with Gasteiger partial charge in [-0.05, 0) is 0 Å². The first-order valence-electron chi connectivity index (χ1n) is 6.51. The lowest BCUT2D eigenvalue weighted by atomic mass is 9.96. The topological polar surface area (TPSA) is 161 Å². The number of carbonyl (C=O) groups excluding carboxylic acids is 2. The second-order valence-corrected chi connectivity index (χ2v) is 5.82. The minimum atomic E-state index is -2.70. The van der Waals surface area contributed by atoms with E-state index in [2.05, 4.69) is 0 Å². The van der Waals surface area contributed by atoms with Crippen LogP contribution in [-0.4, -0.2) is 83.6 Å². The molecule has 0 aliphatic rings. The summed E-state index contributed by atoms with van der Waals surface area (Å²) in [4.78, 5) is 41.5. The van der Waals surface area contributed by atoms with E-state index >= 15 is 0 Å². The number of rotatable bonds is 8. The van der Waals surface area contributed by atoms with Crippen LogP contribution in [0.15, 0.2) is 0 Å². The molecule has 1 atom stereocenters. The van der Waals surface area contributed by atoms with E-state index in [0.717, 1.165) is 6.92 Å². The summed E-state index contributed by atoms with van der Waals surface area (Å²) in [5, 5.41) is 36.1. The Labute approximate surface area is 133 Å². The van der Waals surface area contributed by atoms with Gasteiger partial charge in [-0.15, -0.1) is 0 Å². The lowest BCUT2D eigenvalue weighted by Gasteiger charge is -2.25. The number of ether oxygens (including phenoxy) is 1. The Morgan fingerprint density at radius 3 is 1.83 bits per heavy atom. The molecule has 134 valence electrons. The molecule has 0 saturated carbocycles. The molecule has 0 heterocycles. The van der Waals surface area contributed by atoms with E-state index in [4.69, 9.17) is 19.7 Å². The van der Waals surface area contributed by atoms with Crippen LogP contribution in [0.3, 0.4) is 0 Å². The third kappa shape index (κ3) is 14.5. The van der Waals surface area contributed by atoms with Crippen molar-refractivity contribution in [2.24, 2.45) is 0 Å². The predicted molar refractivity (Wildman–Crippen MR) is 74.0 cm³/mol. The van der Waals surface area contributed by atoms with Gasteiger partial charge in [0.2, 0.25) is 0 Å². The fourth-order valence-electron chi connectivity index (χ4n) is 1.18. The summed E-state index contributed by atoms with van der Waals surface area (Å²) >= 11 is 0. The number of nitrogens with zero attached hydrogens (tertiary/aromatic N) is 1. The van der Waals surface area contributed by atoms with Gasteiger partial charge >= 0.3 is 11.9 Å². The van der Waals surface area contributed by atoms with Gasteiger partial charge < -0.3 is 34.4 Å². The molecule has 0 aromatic carbocycles. The van der Waals surface area contributed by atoms with Gasteiger partial charge in [0.05, 0.1) is 27.6 Å². The van der Waals surface area contributed by atoms with Crippen LogP contribution >= 0.6 is 0 Å². The molecular formula is C13H23NO9. The van der Waals surface area contributed by atoms with E-state index in [0.29, 0.717) is 11.0 Å². The Kier molecular flexibility index (Phi) is 9.77. The third-order valence-electron chi connectivity index (χ3n) is 2.30. The lowest BCUT2D eigenvalue weighted by Crippen LogP contribution is -2.46. The Bertz CT molecular complexity index is 437. The van der Waals surface area contributed by atoms with Crippen molar-refractivity contribution in [3.05, 3.63) is 0 Å². The number of carboxylic acid groups (broad SMARTS) is 3. The van der Waals surface area contributed by atoms with E-state index in [9.17, 15) is 24.6 Å². The second-order valence-electron chi connectivity index (χ2n) is 5.82. The van der Waals surface area contributed by atoms with Crippen molar-refractivity contribution < 1.29 is 48.8 Å². The Balaban J connectivity index is 0. The van der Waals surface area contributed by atoms with Crippen LogP contribution in [0.5, 0.6) is 0 Å². The fraction of sp³-hybridized carbons (Fsp3) is 0.692. The first-order chi connectivity index (χ1) is 10.2. The minimum absolute atomic E-state index is 0.0450. The first-order valence-corrected chi connectivity index (χ1v) is 6.51. The first kappa shape index (κ1) is 23.1. The quantitative estimate of drug-likeness (QED) is 0.326. The molecule has 0 aliphatic heterocycles. The number of likely N-dealkylation sites (N-methyl/N-ethyl adjacent to an activating group) is 1. The lowest BCUT2D eigenvalue weighted by molar-refractivity contribution is -0.870. The Morgan fingerprint density at radius 2 is 1.52 bits per heavy atom. The summed E-state index contributed by atoms with van der Waals surface area (Å²) in [6, 6.07) is 0. The highest BCUT2D eigenvalue weighted by Crippen LogP contribution is 2.16. The molecule has 0 spiro atoms. The molecule has 0 aromatic rings. The van der Waals surface area contributed by atoms with Crippen molar-refractivity contribution in [3.63, 3.8) is 0 Å². The standard InChI is InChI=1S/C11H19NO7.C2H4O2/c1-12(2,3)4-5-19-9(15)7-11(18,10(16)17)6-8(13)14;1-2(3)4/h18H,4-7H2,1-3H3,(H-,13,14,16,17);1H3,(H,3,4). The summed E-state index contributed by atoms with van der Waals surface area (Å²) in [6.45, 7) is 1.63. The number of aliphatic carboxylic acids is 3. The number of hydrogen-bond donors (Lipinski definition) is 3. The van der Waals surface area contributed by atoms with Gasteiger partial charge in [-0.1, -0.05) is 0 Å². The van der Waals surface area contributed by atoms with Crippen LogP contribution in [-0.2, 0) is 23.9 Å². The van der Waals surface area contributed by atoms with Gasteiger partial charge in [0, 0.05) is 19.3 Å². The molecule has 0 aromatic heterocycles. The van der Waals surface area contributed by atoms with Crippen LogP contribution in [0, 0.1) is 0 Å². The van der Waals surface area contributed by atoms with Crippen molar-refractivity contribution in [1.29, 1.82) is 0 Å². The van der Waals surface area contributed by atoms with E-state index in [-0.39, 0.29) is 6.61 Å². The SMILES string of the molecule is CC(=O)O.C[N+](C)(C)CCOC(=O)CC(O)(CC(=O)[O-])C(=O)O. The number of esters is 1. The van der Waals surface area contributed by atoms with Gasteiger partial charge in [0.1, 0.15) is 13.2 Å². The van der Waals surface area contributed by atoms with Gasteiger partial charge in [0.15, 0.2) is 5.60 Å². The van der Waals surface area contributed by atoms with Crippen LogP contribution in [0.4, 0.5) is 0 Å². The largest absolute Gasteiger partial charge is 0.550 e. The maximum Gasteiger partial charge on any atom is 0.336 e. The molecule has 0 saturated heterocycles. The maximum absolute atomic E-state index is 11.4. The highest BCUT2D eigenvalue weighted by Gasteiger charge is 2.39. The van der Waals surface area contributed by atoms with Crippen molar-refractivity contribution in [2.45, 2.75) is 25.4 Å². The molecule has 10 heteroatoms. The third-order valence-corrected chi connectivity index (χ3v) is 2.30. The molecule has 0 bridgehead atoms. The molecule has 10 nitrogen and oxygen atoms in total. The van der Waals surface area contributed by atoms with Crippen molar-refractivity contribution in [1.82, 2.24) is 0 Å². The van der Waals surface area contributed by atoms with Crippen molar-refractivity contribution in [3.8, 4) is 0 Å². The minimum Gasteiger partial charge on any atom is -0.550 e. The number of carboxylic acids is 3. The Hall–Kier alpha value is -2.20. The average Bonchev–Trinajstić information content (AvgIpc) is 2.24. The molecule has 0 aliphatic carbocycles. The summed E-state index contributed by atoms with van der Waals surface area (Å²) in [5.74, 6) is -5.37. The van der Waals surface area contributed by atoms with Gasteiger partial charge in [-0.25, -0.2) is 4.79 Å². The van der Waals surface area contributed by atoms with Crippen molar-refractivity contribution in [2.75, 3.05) is 34.3 Å². The number of aliphatic hydroxyl groups is 1. The Morgan fingerprint density at radius 1 is 1.09 bits per heavy atom. The molecular weight excluding hydrogens is 314 g/mol. The molecule has 0 amide bonds. The van der Waals surface area contributed by atoms with Crippen molar-refractivity contribution >= 4 is 23.9 Å². The van der Waals surface area contributed by atoms with E-state index in [1.165, 1.54) is 0 Å². The molecule has 0 radical (unpaired) electrons. The molecule has 0 fully saturated rings. The highest BCUT2D eigenvalue weighted by molar-refractivity contribution is 5.88. The zero-order valence-corrected chi connectivity index (χ0v) is 13.6. The number of quaternary nitrogens is 1. The zero-order valence-electron chi connectivity index (χ0n) is 13.6. The summed E-state index contributed by atoms with van der Waals surface area (Å²) < 4.78 is 5.29. The smallest absolute Gasteiger partial charge is 0.336 e. The average molecular weight is 337 g/mol. The molecule has 23 heavy (non-hydrogen) atoms. The highest BCUT2D eigenvalue weighted by atomic mass is 16.5. The molecule has 3 N–H and O–H groups in total. The molecule has 0 rings (SSSR count). The van der Waals surface area contributed by atoms with Crippen LogP contribution in [0.25, 0.3) is 0 Å². The summed E-state index contributed by atoms with van der Waals surface area (Å²) in [7, 11) is 5.62. The van der Waals surface area contributed by atoms with Gasteiger partial charge in [0.25, 0.3) is 5.97 Å². The summed E-state index contributed by atoms with van der Waals surface area (Å²) in [6.07, 6.45) is -2.11. The monoisotopic (exact) mass is 337 g/mol. The maximum atomic E-state index is 11.4. The number of hydrogen-bond acceptors (Lipinski definition) is 7. The second kappa shape index (κ2) is 9.74. The molecule has 1 unspecified atom stereocenters. The summed E-state index contributed by atoms with van der Waals surface area (Å²) in [5.41, 5.74) is -2.70. The zero-order chi connectivity index (χ0) is 18.8. The van der Waals surface area contributed by atoms with Gasteiger partial charge in [-0.3, -0.25) is 9.59 Å². The van der Waals surface area contributed by atoms with Crippen LogP contribution < -0.4 is 5.11 Å². The van der Waals surface area contributed by atoms with E-state index < -0.39 is 42.3 Å². The van der Waals surface area contributed by atoms with E-state index in [1.807, 2.05) is 21.1 Å². The normalized spacial score (nSPS) is 13.1. The number of carbonyl (C=O) groups is 4.